The molecular weight excluding hydrogens is 320 g/mol. The van der Waals surface area contributed by atoms with Gasteiger partial charge in [-0.25, -0.2) is 0 Å². The Morgan fingerprint density at radius 2 is 1.92 bits per heavy atom. The summed E-state index contributed by atoms with van der Waals surface area (Å²) in [5.41, 5.74) is 0.417. The number of fused-ring (bicyclic) bond motifs is 1. The zero-order valence-corrected chi connectivity index (χ0v) is 14.7. The molecular formula is C19H24N2O2S. The highest BCUT2D eigenvalue weighted by molar-refractivity contribution is 7.99. The molecule has 1 atom stereocenters. The normalized spacial score (nSPS) is 24.4. The number of hydrogen-bond donors (Lipinski definition) is 2. The third kappa shape index (κ3) is 3.06. The van der Waals surface area contributed by atoms with E-state index < -0.39 is 5.54 Å². The highest BCUT2D eigenvalue weighted by atomic mass is 32.2. The lowest BCUT2D eigenvalue weighted by atomic mass is 9.93. The van der Waals surface area contributed by atoms with Crippen molar-refractivity contribution >= 4 is 23.6 Å². The average Bonchev–Trinajstić information content (AvgIpc) is 3.12. The van der Waals surface area contributed by atoms with E-state index in [9.17, 15) is 9.59 Å². The van der Waals surface area contributed by atoms with Gasteiger partial charge in [-0.1, -0.05) is 31.0 Å². The van der Waals surface area contributed by atoms with Crippen molar-refractivity contribution in [3.05, 3.63) is 29.8 Å². The summed E-state index contributed by atoms with van der Waals surface area (Å²) in [6, 6.07) is 8.10. The second kappa shape index (κ2) is 6.43. The van der Waals surface area contributed by atoms with E-state index >= 15 is 0 Å². The van der Waals surface area contributed by atoms with E-state index in [2.05, 4.69) is 16.7 Å². The van der Waals surface area contributed by atoms with Gasteiger partial charge in [0.1, 0.15) is 5.54 Å². The standard InChI is InChI=1S/C19H24N2O2S/c22-17(15-12-24-16-6-2-1-5-14(15)16)21-19(9-3-4-10-19)18(23)20-11-13-7-8-13/h1-2,5-6,13,15H,3-4,7-12H2,(H,20,23)(H,21,22)/t15-/m1/s1. The van der Waals surface area contributed by atoms with Crippen LogP contribution in [-0.2, 0) is 9.59 Å². The molecule has 2 saturated carbocycles. The Morgan fingerprint density at radius 3 is 2.67 bits per heavy atom. The lowest BCUT2D eigenvalue weighted by Crippen LogP contribution is -2.58. The van der Waals surface area contributed by atoms with E-state index in [1.54, 1.807) is 11.8 Å². The second-order valence-electron chi connectivity index (χ2n) is 7.33. The maximum Gasteiger partial charge on any atom is 0.245 e. The average molecular weight is 344 g/mol. The van der Waals surface area contributed by atoms with Crippen molar-refractivity contribution in [3.8, 4) is 0 Å². The minimum absolute atomic E-state index is 0.0101. The van der Waals surface area contributed by atoms with Crippen LogP contribution in [0.25, 0.3) is 0 Å². The number of nitrogens with one attached hydrogen (secondary N) is 2. The van der Waals surface area contributed by atoms with Crippen molar-refractivity contribution in [2.45, 2.75) is 54.9 Å². The summed E-state index contributed by atoms with van der Waals surface area (Å²) in [4.78, 5) is 26.9. The van der Waals surface area contributed by atoms with Crippen molar-refractivity contribution < 1.29 is 9.59 Å². The molecule has 0 unspecified atom stereocenters. The van der Waals surface area contributed by atoms with Crippen LogP contribution in [-0.4, -0.2) is 29.7 Å². The van der Waals surface area contributed by atoms with Crippen LogP contribution in [0.3, 0.4) is 0 Å². The van der Waals surface area contributed by atoms with E-state index in [4.69, 9.17) is 0 Å². The molecule has 1 aliphatic heterocycles. The molecule has 0 spiro atoms. The van der Waals surface area contributed by atoms with Gasteiger partial charge in [0, 0.05) is 17.2 Å². The number of rotatable bonds is 5. The van der Waals surface area contributed by atoms with Gasteiger partial charge in [-0.15, -0.1) is 11.8 Å². The van der Waals surface area contributed by atoms with Gasteiger partial charge in [-0.05, 0) is 43.2 Å². The molecule has 0 saturated heterocycles. The van der Waals surface area contributed by atoms with Gasteiger partial charge in [0.25, 0.3) is 0 Å². The number of benzene rings is 1. The monoisotopic (exact) mass is 344 g/mol. The summed E-state index contributed by atoms with van der Waals surface area (Å²) < 4.78 is 0. The molecule has 128 valence electrons. The van der Waals surface area contributed by atoms with Crippen LogP contribution in [0.2, 0.25) is 0 Å². The largest absolute Gasteiger partial charge is 0.354 e. The summed E-state index contributed by atoms with van der Waals surface area (Å²) in [6.45, 7) is 0.762. The highest BCUT2D eigenvalue weighted by Gasteiger charge is 2.44. The highest BCUT2D eigenvalue weighted by Crippen LogP contribution is 2.40. The van der Waals surface area contributed by atoms with Gasteiger partial charge >= 0.3 is 0 Å². The van der Waals surface area contributed by atoms with Crippen LogP contribution < -0.4 is 10.6 Å². The Kier molecular flexibility index (Phi) is 4.29. The van der Waals surface area contributed by atoms with Gasteiger partial charge in [0.15, 0.2) is 0 Å². The van der Waals surface area contributed by atoms with Crippen molar-refractivity contribution in [3.63, 3.8) is 0 Å². The fourth-order valence-electron chi connectivity index (χ4n) is 3.82. The Bertz CT molecular complexity index is 651. The van der Waals surface area contributed by atoms with E-state index in [0.717, 1.165) is 43.5 Å². The molecule has 24 heavy (non-hydrogen) atoms. The molecule has 3 aliphatic rings. The maximum absolute atomic E-state index is 12.9. The Hall–Kier alpha value is -1.49. The molecule has 0 aromatic heterocycles. The predicted molar refractivity (Wildman–Crippen MR) is 95.0 cm³/mol. The zero-order valence-electron chi connectivity index (χ0n) is 13.8. The van der Waals surface area contributed by atoms with Crippen LogP contribution in [0.4, 0.5) is 0 Å². The Morgan fingerprint density at radius 1 is 1.17 bits per heavy atom. The minimum atomic E-state index is -0.686. The van der Waals surface area contributed by atoms with Gasteiger partial charge < -0.3 is 10.6 Å². The number of amides is 2. The topological polar surface area (TPSA) is 58.2 Å². The third-order valence-electron chi connectivity index (χ3n) is 5.52. The number of carbonyl (C=O) groups excluding carboxylic acids is 2. The first-order valence-electron chi connectivity index (χ1n) is 9.00. The van der Waals surface area contributed by atoms with Crippen LogP contribution in [0.15, 0.2) is 29.2 Å². The quantitative estimate of drug-likeness (QED) is 0.863. The van der Waals surface area contributed by atoms with Gasteiger partial charge in [-0.3, -0.25) is 9.59 Å². The molecule has 2 aliphatic carbocycles. The van der Waals surface area contributed by atoms with Crippen molar-refractivity contribution in [2.75, 3.05) is 12.3 Å². The molecule has 1 heterocycles. The number of hydrogen-bond acceptors (Lipinski definition) is 3. The Balaban J connectivity index is 1.46. The SMILES string of the molecule is O=C(NC1(C(=O)NCC2CC2)CCCC1)[C@@H]1CSc2ccccc21. The van der Waals surface area contributed by atoms with Crippen LogP contribution in [0.5, 0.6) is 0 Å². The zero-order chi connectivity index (χ0) is 16.6. The summed E-state index contributed by atoms with van der Waals surface area (Å²) in [7, 11) is 0. The van der Waals surface area contributed by atoms with E-state index in [1.165, 1.54) is 17.7 Å². The molecule has 0 radical (unpaired) electrons. The smallest absolute Gasteiger partial charge is 0.245 e. The summed E-state index contributed by atoms with van der Waals surface area (Å²) in [6.07, 6.45) is 5.97. The first-order valence-corrected chi connectivity index (χ1v) is 9.99. The van der Waals surface area contributed by atoms with Crippen LogP contribution in [0, 0.1) is 5.92 Å². The second-order valence-corrected chi connectivity index (χ2v) is 8.40. The number of thioether (sulfide) groups is 1. The molecule has 0 bridgehead atoms. The molecule has 4 rings (SSSR count). The van der Waals surface area contributed by atoms with E-state index in [-0.39, 0.29) is 17.7 Å². The lowest BCUT2D eigenvalue weighted by molar-refractivity contribution is -0.134. The van der Waals surface area contributed by atoms with E-state index in [0.29, 0.717) is 5.92 Å². The van der Waals surface area contributed by atoms with Crippen LogP contribution >= 0.6 is 11.8 Å². The van der Waals surface area contributed by atoms with Crippen molar-refractivity contribution in [2.24, 2.45) is 5.92 Å². The first-order chi connectivity index (χ1) is 11.7. The van der Waals surface area contributed by atoms with Crippen molar-refractivity contribution in [1.82, 2.24) is 10.6 Å². The summed E-state index contributed by atoms with van der Waals surface area (Å²) in [5, 5.41) is 6.24. The van der Waals surface area contributed by atoms with E-state index in [1.807, 2.05) is 18.2 Å². The lowest BCUT2D eigenvalue weighted by Gasteiger charge is -2.30. The molecule has 1 aromatic carbocycles. The summed E-state index contributed by atoms with van der Waals surface area (Å²) in [5.74, 6) is 1.32. The fourth-order valence-corrected chi connectivity index (χ4v) is 5.05. The molecule has 2 fully saturated rings. The maximum atomic E-state index is 12.9. The number of carbonyl (C=O) groups is 2. The fraction of sp³-hybridized carbons (Fsp3) is 0.579. The molecule has 4 nitrogen and oxygen atoms in total. The van der Waals surface area contributed by atoms with Gasteiger partial charge in [-0.2, -0.15) is 0 Å². The van der Waals surface area contributed by atoms with Crippen LogP contribution in [0.1, 0.15) is 50.0 Å². The van der Waals surface area contributed by atoms with Gasteiger partial charge in [0.05, 0.1) is 5.92 Å². The Labute approximate surface area is 147 Å². The summed E-state index contributed by atoms with van der Waals surface area (Å²) >= 11 is 1.73. The minimum Gasteiger partial charge on any atom is -0.354 e. The third-order valence-corrected chi connectivity index (χ3v) is 6.70. The predicted octanol–water partition coefficient (Wildman–Crippen LogP) is 2.83. The van der Waals surface area contributed by atoms with Crippen molar-refractivity contribution in [1.29, 1.82) is 0 Å². The molecule has 2 N–H and O–H groups in total. The first kappa shape index (κ1) is 16.0. The molecule has 5 heteroatoms. The molecule has 2 amide bonds. The molecule has 1 aromatic rings. The van der Waals surface area contributed by atoms with Gasteiger partial charge in [0.2, 0.25) is 11.8 Å².